The zero-order valence-electron chi connectivity index (χ0n) is 11.3. The Kier molecular flexibility index (Phi) is 3.98. The Morgan fingerprint density at radius 3 is 2.85 bits per heavy atom. The normalized spacial score (nSPS) is 28.5. The molecule has 1 aromatic rings. The molecule has 0 spiro atoms. The van der Waals surface area contributed by atoms with Crippen molar-refractivity contribution in [2.45, 2.75) is 37.3 Å². The maximum absolute atomic E-state index is 12.2. The Bertz CT molecular complexity index is 491. The van der Waals surface area contributed by atoms with Gasteiger partial charge in [-0.2, -0.15) is 0 Å². The molecule has 1 saturated carbocycles. The molecule has 1 aliphatic heterocycles. The van der Waals surface area contributed by atoms with Crippen LogP contribution in [0.2, 0.25) is 0 Å². The second kappa shape index (κ2) is 5.74. The summed E-state index contributed by atoms with van der Waals surface area (Å²) in [6, 6.07) is 8.50. The monoisotopic (exact) mass is 338 g/mol. The second-order valence-electron chi connectivity index (χ2n) is 5.62. The zero-order valence-corrected chi connectivity index (χ0v) is 12.8. The van der Waals surface area contributed by atoms with Crippen molar-refractivity contribution < 1.29 is 9.90 Å². The molecule has 2 amide bonds. The average Bonchev–Trinajstić information content (AvgIpc) is 3.04. The van der Waals surface area contributed by atoms with Crippen molar-refractivity contribution in [2.24, 2.45) is 0 Å². The third-order valence-electron chi connectivity index (χ3n) is 4.25. The summed E-state index contributed by atoms with van der Waals surface area (Å²) in [4.78, 5) is 14.0. The van der Waals surface area contributed by atoms with Crippen LogP contribution < -0.4 is 5.32 Å². The van der Waals surface area contributed by atoms with E-state index in [4.69, 9.17) is 0 Å². The van der Waals surface area contributed by atoms with E-state index < -0.39 is 0 Å². The summed E-state index contributed by atoms with van der Waals surface area (Å²) in [5.41, 5.74) is 1.28. The molecule has 108 valence electrons. The SMILES string of the molecule is O=C(NC1CC1c1ccc(Br)cc1)N1CCCC1CO. The average molecular weight is 339 g/mol. The van der Waals surface area contributed by atoms with Gasteiger partial charge >= 0.3 is 6.03 Å². The fraction of sp³-hybridized carbons (Fsp3) is 0.533. The van der Waals surface area contributed by atoms with Crippen LogP contribution in [-0.2, 0) is 0 Å². The predicted octanol–water partition coefficient (Wildman–Crippen LogP) is 2.47. The predicted molar refractivity (Wildman–Crippen MR) is 80.6 cm³/mol. The minimum absolute atomic E-state index is 0.000111. The molecule has 3 rings (SSSR count). The number of hydrogen-bond donors (Lipinski definition) is 2. The van der Waals surface area contributed by atoms with Crippen molar-refractivity contribution in [3.63, 3.8) is 0 Å². The molecular weight excluding hydrogens is 320 g/mol. The lowest BCUT2D eigenvalue weighted by molar-refractivity contribution is 0.157. The molecule has 1 aromatic carbocycles. The van der Waals surface area contributed by atoms with Crippen LogP contribution in [0, 0.1) is 0 Å². The molecule has 0 aromatic heterocycles. The van der Waals surface area contributed by atoms with Crippen LogP contribution >= 0.6 is 15.9 Å². The molecule has 1 aliphatic carbocycles. The Morgan fingerprint density at radius 2 is 2.15 bits per heavy atom. The molecule has 2 fully saturated rings. The molecule has 0 bridgehead atoms. The third-order valence-corrected chi connectivity index (χ3v) is 4.77. The van der Waals surface area contributed by atoms with Gasteiger partial charge in [0.2, 0.25) is 0 Å². The van der Waals surface area contributed by atoms with Crippen LogP contribution in [0.15, 0.2) is 28.7 Å². The van der Waals surface area contributed by atoms with Gasteiger partial charge < -0.3 is 15.3 Å². The Balaban J connectivity index is 1.55. The zero-order chi connectivity index (χ0) is 14.1. The standard InChI is InChI=1S/C15H19BrN2O2/c16-11-5-3-10(4-6-11)13-8-14(13)17-15(20)18-7-1-2-12(18)9-19/h3-6,12-14,19H,1-2,7-9H2,(H,17,20). The highest BCUT2D eigenvalue weighted by molar-refractivity contribution is 9.10. The number of rotatable bonds is 3. The third kappa shape index (κ3) is 2.83. The van der Waals surface area contributed by atoms with Crippen LogP contribution in [-0.4, -0.2) is 41.3 Å². The fourth-order valence-electron chi connectivity index (χ4n) is 2.97. The summed E-state index contributed by atoms with van der Waals surface area (Å²) >= 11 is 3.43. The molecule has 5 heteroatoms. The first-order valence-corrected chi connectivity index (χ1v) is 7.92. The van der Waals surface area contributed by atoms with Crippen molar-refractivity contribution in [1.29, 1.82) is 0 Å². The van der Waals surface area contributed by atoms with E-state index in [0.29, 0.717) is 5.92 Å². The largest absolute Gasteiger partial charge is 0.394 e. The first-order chi connectivity index (χ1) is 9.69. The van der Waals surface area contributed by atoms with Gasteiger partial charge in [0.05, 0.1) is 12.6 Å². The van der Waals surface area contributed by atoms with E-state index in [1.807, 2.05) is 12.1 Å². The van der Waals surface area contributed by atoms with Gasteiger partial charge in [0.15, 0.2) is 0 Å². The van der Waals surface area contributed by atoms with E-state index in [9.17, 15) is 9.90 Å². The molecule has 4 nitrogen and oxygen atoms in total. The number of nitrogens with zero attached hydrogens (tertiary/aromatic N) is 1. The number of carbonyl (C=O) groups is 1. The summed E-state index contributed by atoms with van der Waals surface area (Å²) < 4.78 is 1.07. The van der Waals surface area contributed by atoms with Gasteiger partial charge in [0.1, 0.15) is 0 Å². The fourth-order valence-corrected chi connectivity index (χ4v) is 3.23. The Morgan fingerprint density at radius 1 is 1.40 bits per heavy atom. The van der Waals surface area contributed by atoms with E-state index in [-0.39, 0.29) is 24.7 Å². The first-order valence-electron chi connectivity index (χ1n) is 7.12. The van der Waals surface area contributed by atoms with Crippen LogP contribution in [0.5, 0.6) is 0 Å². The number of benzene rings is 1. The van der Waals surface area contributed by atoms with E-state index in [2.05, 4.69) is 33.4 Å². The highest BCUT2D eigenvalue weighted by atomic mass is 79.9. The number of nitrogens with one attached hydrogen (secondary N) is 1. The van der Waals surface area contributed by atoms with Gasteiger partial charge in [0.25, 0.3) is 0 Å². The number of urea groups is 1. The highest BCUT2D eigenvalue weighted by Crippen LogP contribution is 2.41. The van der Waals surface area contributed by atoms with Crippen molar-refractivity contribution >= 4 is 22.0 Å². The molecule has 2 aliphatic rings. The minimum Gasteiger partial charge on any atom is -0.394 e. The van der Waals surface area contributed by atoms with E-state index >= 15 is 0 Å². The quantitative estimate of drug-likeness (QED) is 0.889. The highest BCUT2D eigenvalue weighted by Gasteiger charge is 2.41. The molecule has 1 saturated heterocycles. The number of halogens is 1. The summed E-state index contributed by atoms with van der Waals surface area (Å²) in [6.07, 6.45) is 2.90. The lowest BCUT2D eigenvalue weighted by Gasteiger charge is -2.23. The van der Waals surface area contributed by atoms with Gasteiger partial charge in [0, 0.05) is 23.0 Å². The Hall–Kier alpha value is -1.07. The molecule has 3 unspecified atom stereocenters. The van der Waals surface area contributed by atoms with Gasteiger partial charge in [-0.25, -0.2) is 4.79 Å². The lowest BCUT2D eigenvalue weighted by Crippen LogP contribution is -2.45. The molecular formula is C15H19BrN2O2. The minimum atomic E-state index is -0.0221. The molecule has 0 radical (unpaired) electrons. The van der Waals surface area contributed by atoms with Gasteiger partial charge in [-0.05, 0) is 37.0 Å². The maximum atomic E-state index is 12.2. The number of hydrogen-bond acceptors (Lipinski definition) is 2. The van der Waals surface area contributed by atoms with Crippen molar-refractivity contribution in [1.82, 2.24) is 10.2 Å². The molecule has 2 N–H and O–H groups in total. The number of likely N-dealkylation sites (tertiary alicyclic amines) is 1. The summed E-state index contributed by atoms with van der Waals surface area (Å²) in [5.74, 6) is 0.433. The van der Waals surface area contributed by atoms with Crippen LogP contribution in [0.3, 0.4) is 0 Å². The van der Waals surface area contributed by atoms with Gasteiger partial charge in [-0.15, -0.1) is 0 Å². The first kappa shape index (κ1) is 13.9. The number of amides is 2. The van der Waals surface area contributed by atoms with Gasteiger partial charge in [-0.3, -0.25) is 0 Å². The smallest absolute Gasteiger partial charge is 0.317 e. The van der Waals surface area contributed by atoms with Crippen molar-refractivity contribution in [2.75, 3.05) is 13.2 Å². The van der Waals surface area contributed by atoms with Crippen molar-refractivity contribution in [3.05, 3.63) is 34.3 Å². The molecule has 1 heterocycles. The Labute approximate surface area is 127 Å². The van der Waals surface area contributed by atoms with Crippen molar-refractivity contribution in [3.8, 4) is 0 Å². The number of aliphatic hydroxyl groups excluding tert-OH is 1. The van der Waals surface area contributed by atoms with E-state index in [1.165, 1.54) is 5.56 Å². The van der Waals surface area contributed by atoms with Crippen LogP contribution in [0.1, 0.15) is 30.7 Å². The summed E-state index contributed by atoms with van der Waals surface area (Å²) in [6.45, 7) is 0.820. The lowest BCUT2D eigenvalue weighted by atomic mass is 10.1. The second-order valence-corrected chi connectivity index (χ2v) is 6.54. The summed E-state index contributed by atoms with van der Waals surface area (Å²) in [7, 11) is 0. The van der Waals surface area contributed by atoms with Crippen LogP contribution in [0.4, 0.5) is 4.79 Å². The van der Waals surface area contributed by atoms with E-state index in [0.717, 1.165) is 30.3 Å². The summed E-state index contributed by atoms with van der Waals surface area (Å²) in [5, 5.41) is 12.4. The number of carbonyl (C=O) groups excluding carboxylic acids is 1. The molecule has 3 atom stereocenters. The van der Waals surface area contributed by atoms with Crippen LogP contribution in [0.25, 0.3) is 0 Å². The van der Waals surface area contributed by atoms with Gasteiger partial charge in [-0.1, -0.05) is 28.1 Å². The number of aliphatic hydroxyl groups is 1. The van der Waals surface area contributed by atoms with E-state index in [1.54, 1.807) is 4.90 Å². The topological polar surface area (TPSA) is 52.6 Å². The molecule has 20 heavy (non-hydrogen) atoms. The maximum Gasteiger partial charge on any atom is 0.317 e.